The van der Waals surface area contributed by atoms with E-state index in [1.54, 1.807) is 0 Å². The van der Waals surface area contributed by atoms with Crippen LogP contribution < -0.4 is 10.5 Å². The van der Waals surface area contributed by atoms with Gasteiger partial charge >= 0.3 is 0 Å². The fraction of sp³-hybridized carbons (Fsp3) is 0.304. The molecule has 0 atom stereocenters. The smallest absolute Gasteiger partial charge is 0.181 e. The second-order valence-electron chi connectivity index (χ2n) is 7.33. The number of ketones is 1. The molecule has 0 bridgehead atoms. The summed E-state index contributed by atoms with van der Waals surface area (Å²) < 4.78 is 6.96. The van der Waals surface area contributed by atoms with Crippen molar-refractivity contribution in [1.82, 2.24) is 15.2 Å². The molecule has 0 fully saturated rings. The molecule has 160 valence electrons. The summed E-state index contributed by atoms with van der Waals surface area (Å²) in [5, 5.41) is 10.5. The second-order valence-corrected chi connectivity index (χ2v) is 9.45. The molecule has 0 saturated heterocycles. The average Bonchev–Trinajstić information content (AvgIpc) is 3.37. The van der Waals surface area contributed by atoms with Crippen molar-refractivity contribution in [2.24, 2.45) is 0 Å². The molecule has 6 nitrogen and oxygen atoms in total. The number of rotatable bonds is 9. The van der Waals surface area contributed by atoms with Crippen LogP contribution in [0.15, 0.2) is 42.5 Å². The first-order valence-electron chi connectivity index (χ1n) is 10.3. The average molecular weight is 453 g/mol. The zero-order valence-corrected chi connectivity index (χ0v) is 19.1. The van der Waals surface area contributed by atoms with E-state index in [0.29, 0.717) is 11.6 Å². The molecule has 0 unspecified atom stereocenters. The molecule has 0 aliphatic carbocycles. The van der Waals surface area contributed by atoms with Crippen LogP contribution in [0.25, 0.3) is 20.8 Å². The van der Waals surface area contributed by atoms with Crippen LogP contribution in [0.1, 0.15) is 37.3 Å². The number of nitrogen functional groups attached to an aromatic ring is 1. The number of carbonyl (C=O) groups is 1. The molecule has 31 heavy (non-hydrogen) atoms. The van der Waals surface area contributed by atoms with E-state index in [9.17, 15) is 4.79 Å². The number of aromatic nitrogens is 3. The molecule has 2 aromatic heterocycles. The molecule has 0 spiro atoms. The first-order chi connectivity index (χ1) is 15.0. The summed E-state index contributed by atoms with van der Waals surface area (Å²) in [6, 6.07) is 13.7. The Morgan fingerprint density at radius 3 is 2.55 bits per heavy atom. The lowest BCUT2D eigenvalue weighted by Crippen LogP contribution is -2.13. The maximum atomic E-state index is 12.6. The van der Waals surface area contributed by atoms with Crippen molar-refractivity contribution >= 4 is 43.8 Å². The Labute approximate surface area is 189 Å². The molecule has 2 N–H and O–H groups in total. The first-order valence-corrected chi connectivity index (χ1v) is 11.9. The van der Waals surface area contributed by atoms with Crippen LogP contribution in [0.3, 0.4) is 0 Å². The summed E-state index contributed by atoms with van der Waals surface area (Å²) in [5.74, 6) is 0.963. The van der Waals surface area contributed by atoms with Crippen molar-refractivity contribution in [2.45, 2.75) is 45.6 Å². The lowest BCUT2D eigenvalue weighted by atomic mass is 10.1. The Morgan fingerprint density at radius 2 is 1.81 bits per heavy atom. The van der Waals surface area contributed by atoms with Crippen LogP contribution >= 0.6 is 22.7 Å². The lowest BCUT2D eigenvalue weighted by molar-refractivity contribution is -0.117. The highest BCUT2D eigenvalue weighted by molar-refractivity contribution is 7.22. The summed E-state index contributed by atoms with van der Waals surface area (Å²) in [6.45, 7) is 4.25. The number of hydrogen-bond donors (Lipinski definition) is 1. The van der Waals surface area contributed by atoms with Gasteiger partial charge < -0.3 is 10.5 Å². The highest BCUT2D eigenvalue weighted by Gasteiger charge is 2.13. The van der Waals surface area contributed by atoms with Crippen LogP contribution in [0.2, 0.25) is 0 Å². The van der Waals surface area contributed by atoms with Crippen LogP contribution in [0, 0.1) is 0 Å². The Balaban J connectivity index is 1.38. The molecule has 0 amide bonds. The van der Waals surface area contributed by atoms with Gasteiger partial charge in [0, 0.05) is 12.0 Å². The molecule has 2 heterocycles. The predicted octanol–water partition coefficient (Wildman–Crippen LogP) is 5.32. The predicted molar refractivity (Wildman–Crippen MR) is 127 cm³/mol. The van der Waals surface area contributed by atoms with E-state index in [1.807, 2.05) is 42.5 Å². The van der Waals surface area contributed by atoms with Gasteiger partial charge in [-0.05, 0) is 54.8 Å². The SMILES string of the molecule is CCC(CC)Oc1ccc(-c2nnc(CC(=O)Cc3ccc4nc(N)sc4c3)s2)cc1. The van der Waals surface area contributed by atoms with E-state index in [1.165, 1.54) is 22.7 Å². The quantitative estimate of drug-likeness (QED) is 0.370. The van der Waals surface area contributed by atoms with E-state index in [-0.39, 0.29) is 18.3 Å². The fourth-order valence-electron chi connectivity index (χ4n) is 3.32. The number of ether oxygens (including phenoxy) is 1. The molecule has 2 aromatic carbocycles. The van der Waals surface area contributed by atoms with Crippen LogP contribution in [0.5, 0.6) is 5.75 Å². The van der Waals surface area contributed by atoms with Crippen LogP contribution in [-0.4, -0.2) is 27.1 Å². The van der Waals surface area contributed by atoms with Crippen molar-refractivity contribution in [3.05, 3.63) is 53.0 Å². The maximum Gasteiger partial charge on any atom is 0.181 e. The monoisotopic (exact) mass is 452 g/mol. The van der Waals surface area contributed by atoms with Gasteiger partial charge in [-0.2, -0.15) is 0 Å². The van der Waals surface area contributed by atoms with Gasteiger partial charge in [0.1, 0.15) is 21.5 Å². The standard InChI is InChI=1S/C23H24N4O2S2/c1-3-17(4-2)29-18-8-6-15(7-9-18)22-27-26-21(31-22)13-16(28)11-14-5-10-19-20(12-14)30-23(24)25-19/h5-10,12,17H,3-4,11,13H2,1-2H3,(H2,24,25). The summed E-state index contributed by atoms with van der Waals surface area (Å²) in [5.41, 5.74) is 8.55. The van der Waals surface area contributed by atoms with Gasteiger partial charge in [-0.3, -0.25) is 4.79 Å². The second kappa shape index (κ2) is 9.53. The van der Waals surface area contributed by atoms with Crippen LogP contribution in [0.4, 0.5) is 5.13 Å². The third-order valence-electron chi connectivity index (χ3n) is 5.00. The first kappa shape index (κ1) is 21.4. The van der Waals surface area contributed by atoms with Gasteiger partial charge in [0.2, 0.25) is 0 Å². The zero-order chi connectivity index (χ0) is 21.8. The Kier molecular flexibility index (Phi) is 6.58. The van der Waals surface area contributed by atoms with E-state index >= 15 is 0 Å². The largest absolute Gasteiger partial charge is 0.490 e. The minimum absolute atomic E-state index is 0.105. The Morgan fingerprint density at radius 1 is 1.03 bits per heavy atom. The number of anilines is 1. The molecule has 0 aliphatic heterocycles. The number of nitrogens with zero attached hydrogens (tertiary/aromatic N) is 3. The van der Waals surface area contributed by atoms with Gasteiger partial charge in [0.15, 0.2) is 5.13 Å². The van der Waals surface area contributed by atoms with Crippen molar-refractivity contribution in [3.8, 4) is 16.3 Å². The van der Waals surface area contributed by atoms with Crippen molar-refractivity contribution < 1.29 is 9.53 Å². The van der Waals surface area contributed by atoms with Gasteiger partial charge in [-0.15, -0.1) is 10.2 Å². The van der Waals surface area contributed by atoms with Gasteiger partial charge in [-0.1, -0.05) is 42.6 Å². The van der Waals surface area contributed by atoms with Gasteiger partial charge in [-0.25, -0.2) is 4.98 Å². The lowest BCUT2D eigenvalue weighted by Gasteiger charge is -2.15. The summed E-state index contributed by atoms with van der Waals surface area (Å²) in [7, 11) is 0. The number of fused-ring (bicyclic) bond motifs is 1. The van der Waals surface area contributed by atoms with E-state index in [4.69, 9.17) is 10.5 Å². The van der Waals surface area contributed by atoms with E-state index < -0.39 is 0 Å². The third-order valence-corrected chi connectivity index (χ3v) is 6.82. The minimum Gasteiger partial charge on any atom is -0.490 e. The Bertz CT molecular complexity index is 1180. The molecular formula is C23H24N4O2S2. The molecule has 4 rings (SSSR count). The number of benzene rings is 2. The highest BCUT2D eigenvalue weighted by atomic mass is 32.1. The Hall–Kier alpha value is -2.84. The van der Waals surface area contributed by atoms with Crippen molar-refractivity contribution in [1.29, 1.82) is 0 Å². The molecule has 8 heteroatoms. The minimum atomic E-state index is 0.105. The number of hydrogen-bond acceptors (Lipinski definition) is 8. The molecule has 0 aliphatic rings. The number of carbonyl (C=O) groups excluding carboxylic acids is 1. The molecular weight excluding hydrogens is 428 g/mol. The highest BCUT2D eigenvalue weighted by Crippen LogP contribution is 2.27. The summed E-state index contributed by atoms with van der Waals surface area (Å²) in [6.07, 6.45) is 2.83. The number of Topliss-reactive ketones (excluding diaryl/α,β-unsaturated/α-hetero) is 1. The summed E-state index contributed by atoms with van der Waals surface area (Å²) >= 11 is 2.88. The van der Waals surface area contributed by atoms with Gasteiger partial charge in [0.25, 0.3) is 0 Å². The number of thiazole rings is 1. The van der Waals surface area contributed by atoms with Crippen LogP contribution in [-0.2, 0) is 17.6 Å². The maximum absolute atomic E-state index is 12.6. The molecule has 0 saturated carbocycles. The summed E-state index contributed by atoms with van der Waals surface area (Å²) in [4.78, 5) is 16.8. The number of nitrogens with two attached hydrogens (primary N) is 1. The van der Waals surface area contributed by atoms with Crippen molar-refractivity contribution in [2.75, 3.05) is 5.73 Å². The zero-order valence-electron chi connectivity index (χ0n) is 17.5. The fourth-order valence-corrected chi connectivity index (χ4v) is 4.99. The normalized spacial score (nSPS) is 11.3. The van der Waals surface area contributed by atoms with E-state index in [2.05, 4.69) is 29.0 Å². The van der Waals surface area contributed by atoms with Crippen molar-refractivity contribution in [3.63, 3.8) is 0 Å². The third kappa shape index (κ3) is 5.26. The van der Waals surface area contributed by atoms with E-state index in [0.717, 1.165) is 49.9 Å². The molecule has 0 radical (unpaired) electrons. The van der Waals surface area contributed by atoms with Gasteiger partial charge in [0.05, 0.1) is 22.7 Å². The topological polar surface area (TPSA) is 91.0 Å². The molecule has 4 aromatic rings.